The van der Waals surface area contributed by atoms with Crippen molar-refractivity contribution in [1.29, 1.82) is 0 Å². The fraction of sp³-hybridized carbons (Fsp3) is 0.0870. The van der Waals surface area contributed by atoms with Crippen LogP contribution in [0.25, 0.3) is 22.4 Å². The summed E-state index contributed by atoms with van der Waals surface area (Å²) < 4.78 is 7.32. The molecular weight excluding hydrogens is 449 g/mol. The van der Waals surface area contributed by atoms with Gasteiger partial charge < -0.3 is 9.09 Å². The molecule has 0 aliphatic carbocycles. The number of nitrogens with zero attached hydrogens (tertiary/aromatic N) is 5. The molecule has 0 aliphatic rings. The lowest BCUT2D eigenvalue weighted by atomic mass is 10.1. The van der Waals surface area contributed by atoms with Crippen molar-refractivity contribution < 1.29 is 9.32 Å². The van der Waals surface area contributed by atoms with Gasteiger partial charge in [-0.25, -0.2) is 9.97 Å². The smallest absolute Gasteiger partial charge is 0.299 e. The van der Waals surface area contributed by atoms with Crippen molar-refractivity contribution in [3.05, 3.63) is 93.8 Å². The Kier molecular flexibility index (Phi) is 5.20. The molecule has 3 heterocycles. The number of fused-ring (bicyclic) bond motifs is 1. The van der Waals surface area contributed by atoms with E-state index in [-0.39, 0.29) is 17.5 Å². The minimum Gasteiger partial charge on any atom is -0.340 e. The third-order valence-electron chi connectivity index (χ3n) is 5.23. The first-order valence-corrected chi connectivity index (χ1v) is 10.4. The predicted octanol–water partition coefficient (Wildman–Crippen LogP) is 5.38. The molecule has 5 rings (SSSR count). The van der Waals surface area contributed by atoms with E-state index >= 15 is 0 Å². The number of hydrogen-bond donors (Lipinski definition) is 0. The molecule has 5 aromatic rings. The number of carbonyl (C=O) groups is 1. The first-order valence-electron chi connectivity index (χ1n) is 9.69. The minimum absolute atomic E-state index is 0.103. The summed E-state index contributed by atoms with van der Waals surface area (Å²) in [4.78, 5) is 25.6. The van der Waals surface area contributed by atoms with Gasteiger partial charge in [0.1, 0.15) is 12.0 Å². The number of benzene rings is 2. The first kappa shape index (κ1) is 20.4. The molecule has 158 valence electrons. The van der Waals surface area contributed by atoms with E-state index in [1.54, 1.807) is 24.4 Å². The van der Waals surface area contributed by atoms with Gasteiger partial charge in [0.25, 0.3) is 11.7 Å². The number of carbonyl (C=O) groups excluding carboxylic acids is 1. The zero-order chi connectivity index (χ0) is 22.2. The lowest BCUT2D eigenvalue weighted by Crippen LogP contribution is -2.07. The van der Waals surface area contributed by atoms with Crippen molar-refractivity contribution in [2.24, 2.45) is 0 Å². The van der Waals surface area contributed by atoms with Gasteiger partial charge in [-0.1, -0.05) is 52.6 Å². The fourth-order valence-corrected chi connectivity index (χ4v) is 4.16. The molecule has 0 saturated heterocycles. The Bertz CT molecular complexity index is 1460. The number of halogens is 2. The summed E-state index contributed by atoms with van der Waals surface area (Å²) in [5.41, 5.74) is 3.53. The van der Waals surface area contributed by atoms with E-state index in [0.29, 0.717) is 27.8 Å². The van der Waals surface area contributed by atoms with Gasteiger partial charge >= 0.3 is 0 Å². The van der Waals surface area contributed by atoms with Crippen LogP contribution in [0.3, 0.4) is 0 Å². The van der Waals surface area contributed by atoms with Gasteiger partial charge in [-0.05, 0) is 36.8 Å². The summed E-state index contributed by atoms with van der Waals surface area (Å²) in [6.07, 6.45) is 2.95. The summed E-state index contributed by atoms with van der Waals surface area (Å²) >= 11 is 12.4. The minimum atomic E-state index is -0.354. The van der Waals surface area contributed by atoms with Crippen LogP contribution in [0, 0.1) is 6.92 Å². The van der Waals surface area contributed by atoms with Crippen LogP contribution in [0.5, 0.6) is 0 Å². The monoisotopic (exact) mass is 463 g/mol. The van der Waals surface area contributed by atoms with Crippen LogP contribution in [0.15, 0.2) is 65.6 Å². The third kappa shape index (κ3) is 3.55. The third-order valence-corrected chi connectivity index (χ3v) is 5.82. The van der Waals surface area contributed by atoms with Crippen molar-refractivity contribution in [3.8, 4) is 11.5 Å². The van der Waals surface area contributed by atoms with E-state index < -0.39 is 0 Å². The van der Waals surface area contributed by atoms with Crippen LogP contribution in [-0.4, -0.2) is 30.5 Å². The Balaban J connectivity index is 1.58. The molecule has 0 N–H and O–H groups in total. The summed E-state index contributed by atoms with van der Waals surface area (Å²) in [6, 6.07) is 14.7. The average Bonchev–Trinajstić information content (AvgIpc) is 3.40. The summed E-state index contributed by atoms with van der Waals surface area (Å²) in [6.45, 7) is 2.37. The van der Waals surface area contributed by atoms with Gasteiger partial charge in [-0.3, -0.25) is 4.79 Å². The Morgan fingerprint density at radius 1 is 1.12 bits per heavy atom. The van der Waals surface area contributed by atoms with Gasteiger partial charge in [0.05, 0.1) is 5.56 Å². The highest BCUT2D eigenvalue weighted by molar-refractivity contribution is 6.35. The fourth-order valence-electron chi connectivity index (χ4n) is 3.69. The molecule has 0 radical (unpaired) electrons. The van der Waals surface area contributed by atoms with Gasteiger partial charge in [0, 0.05) is 39.4 Å². The van der Waals surface area contributed by atoms with E-state index in [9.17, 15) is 4.79 Å². The maximum atomic E-state index is 13.4. The Morgan fingerprint density at radius 2 is 1.97 bits per heavy atom. The molecule has 0 fully saturated rings. The van der Waals surface area contributed by atoms with Gasteiger partial charge in [0.2, 0.25) is 5.82 Å². The van der Waals surface area contributed by atoms with Crippen LogP contribution in [0.2, 0.25) is 10.0 Å². The number of para-hydroxylation sites is 1. The highest BCUT2D eigenvalue weighted by Gasteiger charge is 2.26. The highest BCUT2D eigenvalue weighted by Crippen LogP contribution is 2.30. The van der Waals surface area contributed by atoms with Crippen LogP contribution >= 0.6 is 23.2 Å². The number of aromatic nitrogens is 5. The lowest BCUT2D eigenvalue weighted by Gasteiger charge is -2.10. The average molecular weight is 464 g/mol. The van der Waals surface area contributed by atoms with E-state index in [0.717, 1.165) is 22.2 Å². The van der Waals surface area contributed by atoms with Crippen molar-refractivity contribution in [2.75, 3.05) is 0 Å². The second-order valence-electron chi connectivity index (χ2n) is 7.15. The molecule has 0 atom stereocenters. The van der Waals surface area contributed by atoms with Gasteiger partial charge in [0.15, 0.2) is 0 Å². The normalized spacial score (nSPS) is 11.2. The zero-order valence-electron chi connectivity index (χ0n) is 16.8. The largest absolute Gasteiger partial charge is 0.340 e. The lowest BCUT2D eigenvalue weighted by molar-refractivity contribution is 0.0994. The van der Waals surface area contributed by atoms with Crippen molar-refractivity contribution in [1.82, 2.24) is 24.7 Å². The van der Waals surface area contributed by atoms with Gasteiger partial charge in [-0.15, -0.1) is 0 Å². The quantitative estimate of drug-likeness (QED) is 0.325. The molecule has 9 heteroatoms. The molecule has 2 aromatic carbocycles. The molecule has 0 unspecified atom stereocenters. The maximum absolute atomic E-state index is 13.4. The Morgan fingerprint density at radius 3 is 2.75 bits per heavy atom. The van der Waals surface area contributed by atoms with Crippen LogP contribution < -0.4 is 0 Å². The van der Waals surface area contributed by atoms with Gasteiger partial charge in [-0.2, -0.15) is 4.98 Å². The van der Waals surface area contributed by atoms with E-state index in [4.69, 9.17) is 27.7 Å². The molecular formula is C23H15Cl2N5O2. The zero-order valence-corrected chi connectivity index (χ0v) is 18.3. The second-order valence-corrected chi connectivity index (χ2v) is 7.99. The molecule has 0 aliphatic heterocycles. The summed E-state index contributed by atoms with van der Waals surface area (Å²) in [7, 11) is 0. The molecule has 7 nitrogen and oxygen atoms in total. The maximum Gasteiger partial charge on any atom is 0.299 e. The standard InChI is InChI=1S/C23H15Cl2N5O2/c1-13-20(21(31)23-28-22(29-32-23)18-8-9-26-12-27-18)16-4-2-3-5-19(16)30(13)11-14-6-7-15(24)10-17(14)25/h2-10,12H,11H2,1H3. The second kappa shape index (κ2) is 8.18. The van der Waals surface area contributed by atoms with E-state index in [2.05, 4.69) is 20.1 Å². The number of hydrogen-bond acceptors (Lipinski definition) is 6. The SMILES string of the molecule is Cc1c(C(=O)c2nc(-c3ccncn3)no2)c2ccccc2n1Cc1ccc(Cl)cc1Cl. The number of rotatable bonds is 5. The van der Waals surface area contributed by atoms with Crippen LogP contribution in [-0.2, 0) is 6.54 Å². The predicted molar refractivity (Wildman–Crippen MR) is 121 cm³/mol. The topological polar surface area (TPSA) is 86.7 Å². The first-order chi connectivity index (χ1) is 15.5. The Hall–Kier alpha value is -3.55. The van der Waals surface area contributed by atoms with E-state index in [1.807, 2.05) is 41.8 Å². The molecule has 0 saturated carbocycles. The van der Waals surface area contributed by atoms with Crippen molar-refractivity contribution in [3.63, 3.8) is 0 Å². The van der Waals surface area contributed by atoms with Crippen molar-refractivity contribution >= 4 is 39.9 Å². The van der Waals surface area contributed by atoms with Crippen LogP contribution in [0.1, 0.15) is 27.5 Å². The molecule has 0 amide bonds. The van der Waals surface area contributed by atoms with Crippen LogP contribution in [0.4, 0.5) is 0 Å². The van der Waals surface area contributed by atoms with E-state index in [1.165, 1.54) is 6.33 Å². The molecule has 0 spiro atoms. The molecule has 0 bridgehead atoms. The summed E-state index contributed by atoms with van der Waals surface area (Å²) in [5.74, 6) is -0.230. The summed E-state index contributed by atoms with van der Waals surface area (Å²) in [5, 5.41) is 5.83. The Labute approximate surface area is 192 Å². The van der Waals surface area contributed by atoms with Crippen molar-refractivity contribution in [2.45, 2.75) is 13.5 Å². The molecule has 32 heavy (non-hydrogen) atoms. The number of ketones is 1. The highest BCUT2D eigenvalue weighted by atomic mass is 35.5. The molecule has 3 aromatic heterocycles.